The average molecular weight is 254 g/mol. The Balaban J connectivity index is 2.23. The molecule has 2 amide bonds. The summed E-state index contributed by atoms with van der Waals surface area (Å²) < 4.78 is 0. The number of nitrogens with one attached hydrogen (secondary N) is 2. The molecule has 0 bridgehead atoms. The maximum atomic E-state index is 11.5. The fourth-order valence-corrected chi connectivity index (χ4v) is 2.22. The molecule has 4 heteroatoms. The number of carbonyl (C=O) groups excluding carboxylic acids is 2. The molecule has 0 saturated carbocycles. The van der Waals surface area contributed by atoms with E-state index in [1.54, 1.807) is 0 Å². The highest BCUT2D eigenvalue weighted by Crippen LogP contribution is 2.10. The fourth-order valence-electron chi connectivity index (χ4n) is 2.22. The van der Waals surface area contributed by atoms with Gasteiger partial charge in [0.2, 0.25) is 0 Å². The summed E-state index contributed by atoms with van der Waals surface area (Å²) in [7, 11) is 0. The minimum Gasteiger partial charge on any atom is -0.338 e. The van der Waals surface area contributed by atoms with Crippen molar-refractivity contribution in [3.8, 4) is 0 Å². The Morgan fingerprint density at radius 1 is 0.667 bits per heavy atom. The Kier molecular flexibility index (Phi) is 8.26. The third kappa shape index (κ3) is 8.09. The molecule has 0 aromatic rings. The van der Waals surface area contributed by atoms with E-state index in [0.29, 0.717) is 13.0 Å². The average Bonchev–Trinajstić information content (AvgIpc) is 2.36. The van der Waals surface area contributed by atoms with Crippen molar-refractivity contribution in [3.63, 3.8) is 0 Å². The van der Waals surface area contributed by atoms with Crippen LogP contribution in [0.5, 0.6) is 0 Å². The van der Waals surface area contributed by atoms with E-state index in [4.69, 9.17) is 0 Å². The first-order valence-corrected chi connectivity index (χ1v) is 7.32. The van der Waals surface area contributed by atoms with Gasteiger partial charge in [0.1, 0.15) is 0 Å². The van der Waals surface area contributed by atoms with Crippen LogP contribution in [0.15, 0.2) is 0 Å². The van der Waals surface area contributed by atoms with Crippen LogP contribution in [0, 0.1) is 0 Å². The Hall–Kier alpha value is -1.06. The van der Waals surface area contributed by atoms with Gasteiger partial charge in [-0.3, -0.25) is 4.79 Å². The first-order chi connectivity index (χ1) is 8.79. The van der Waals surface area contributed by atoms with Gasteiger partial charge in [-0.15, -0.1) is 0 Å². The third-order valence-electron chi connectivity index (χ3n) is 3.36. The third-order valence-corrected chi connectivity index (χ3v) is 3.36. The van der Waals surface area contributed by atoms with Crippen molar-refractivity contribution in [1.29, 1.82) is 0 Å². The highest BCUT2D eigenvalue weighted by Gasteiger charge is 2.05. The molecule has 1 heterocycles. The van der Waals surface area contributed by atoms with Crippen LogP contribution in [0.3, 0.4) is 0 Å². The first kappa shape index (κ1) is 15.0. The van der Waals surface area contributed by atoms with Crippen LogP contribution >= 0.6 is 0 Å². The molecule has 2 N–H and O–H groups in total. The number of hydrogen-bond donors (Lipinski definition) is 2. The first-order valence-electron chi connectivity index (χ1n) is 7.32. The molecule has 0 radical (unpaired) electrons. The van der Waals surface area contributed by atoms with Crippen molar-refractivity contribution in [2.45, 2.75) is 64.2 Å². The summed E-state index contributed by atoms with van der Waals surface area (Å²) in [4.78, 5) is 22.8. The van der Waals surface area contributed by atoms with E-state index in [1.807, 2.05) is 0 Å². The number of carbonyl (C=O) groups is 2. The number of amides is 2. The predicted octanol–water partition coefficient (Wildman–Crippen LogP) is 2.77. The van der Waals surface area contributed by atoms with Crippen LogP contribution in [-0.2, 0) is 4.79 Å². The van der Waals surface area contributed by atoms with E-state index in [1.165, 1.54) is 38.5 Å². The number of Topliss-reactive ketones (excluding diaryl/α,β-unsaturated/α-hetero) is 1. The summed E-state index contributed by atoms with van der Waals surface area (Å²) in [6.07, 6.45) is 11.3. The Morgan fingerprint density at radius 3 is 1.89 bits per heavy atom. The summed E-state index contributed by atoms with van der Waals surface area (Å²) >= 11 is 0. The van der Waals surface area contributed by atoms with Gasteiger partial charge in [-0.05, 0) is 12.8 Å². The molecule has 0 spiro atoms. The van der Waals surface area contributed by atoms with Gasteiger partial charge in [0, 0.05) is 13.0 Å². The van der Waals surface area contributed by atoms with Crippen LogP contribution in [0.4, 0.5) is 4.79 Å². The Bertz CT molecular complexity index is 228. The van der Waals surface area contributed by atoms with E-state index in [2.05, 4.69) is 10.6 Å². The molecule has 1 aliphatic heterocycles. The topological polar surface area (TPSA) is 58.2 Å². The van der Waals surface area contributed by atoms with Gasteiger partial charge in [0.25, 0.3) is 0 Å². The molecule has 1 aliphatic rings. The zero-order valence-corrected chi connectivity index (χ0v) is 11.3. The maximum absolute atomic E-state index is 11.5. The molecule has 1 saturated heterocycles. The van der Waals surface area contributed by atoms with Crippen LogP contribution in [0.1, 0.15) is 64.2 Å². The Morgan fingerprint density at radius 2 is 1.22 bits per heavy atom. The van der Waals surface area contributed by atoms with Gasteiger partial charge in [-0.2, -0.15) is 0 Å². The lowest BCUT2D eigenvalue weighted by atomic mass is 10.1. The number of rotatable bonds is 0. The number of urea groups is 1. The Labute approximate surface area is 110 Å². The molecule has 0 unspecified atom stereocenters. The van der Waals surface area contributed by atoms with Gasteiger partial charge in [0.05, 0.1) is 6.54 Å². The second kappa shape index (κ2) is 9.92. The minimum absolute atomic E-state index is 0.136. The molecule has 4 nitrogen and oxygen atoms in total. The summed E-state index contributed by atoms with van der Waals surface area (Å²) in [6.45, 7) is 0.881. The molecule has 0 aromatic carbocycles. The van der Waals surface area contributed by atoms with Crippen LogP contribution in [0.2, 0.25) is 0 Å². The lowest BCUT2D eigenvalue weighted by Crippen LogP contribution is -2.38. The van der Waals surface area contributed by atoms with Gasteiger partial charge in [-0.1, -0.05) is 44.9 Å². The number of hydrogen-bond acceptors (Lipinski definition) is 2. The van der Waals surface area contributed by atoms with Crippen molar-refractivity contribution in [1.82, 2.24) is 10.6 Å². The summed E-state index contributed by atoms with van der Waals surface area (Å²) in [5, 5.41) is 5.40. The number of ketones is 1. The molecular formula is C14H26N2O2. The van der Waals surface area contributed by atoms with Crippen LogP contribution in [0.25, 0.3) is 0 Å². The van der Waals surface area contributed by atoms with Crippen molar-refractivity contribution in [2.75, 3.05) is 13.1 Å². The molecule has 1 fully saturated rings. The fraction of sp³-hybridized carbons (Fsp3) is 0.857. The van der Waals surface area contributed by atoms with E-state index in [-0.39, 0.29) is 18.4 Å². The van der Waals surface area contributed by atoms with Gasteiger partial charge >= 0.3 is 6.03 Å². The predicted molar refractivity (Wildman–Crippen MR) is 72.6 cm³/mol. The molecule has 1 rings (SSSR count). The monoisotopic (exact) mass is 254 g/mol. The molecular weight excluding hydrogens is 228 g/mol. The molecule has 18 heavy (non-hydrogen) atoms. The lowest BCUT2D eigenvalue weighted by Gasteiger charge is -2.08. The van der Waals surface area contributed by atoms with Gasteiger partial charge < -0.3 is 10.6 Å². The standard InChI is InChI=1S/C14H26N2O2/c17-13-10-8-6-4-2-1-3-5-7-9-11-15-14(18)16-12-13/h1-12H2,(H2,15,16,18). The second-order valence-electron chi connectivity index (χ2n) is 5.08. The quantitative estimate of drug-likeness (QED) is 0.698. The van der Waals surface area contributed by atoms with Crippen LogP contribution < -0.4 is 10.6 Å². The zero-order chi connectivity index (χ0) is 13.1. The van der Waals surface area contributed by atoms with Crippen molar-refractivity contribution in [2.24, 2.45) is 0 Å². The van der Waals surface area contributed by atoms with E-state index < -0.39 is 0 Å². The molecule has 0 atom stereocenters. The van der Waals surface area contributed by atoms with Crippen LogP contribution in [-0.4, -0.2) is 24.9 Å². The van der Waals surface area contributed by atoms with E-state index in [9.17, 15) is 9.59 Å². The largest absolute Gasteiger partial charge is 0.338 e. The van der Waals surface area contributed by atoms with Crippen molar-refractivity contribution < 1.29 is 9.59 Å². The normalized spacial score (nSPS) is 22.0. The maximum Gasteiger partial charge on any atom is 0.315 e. The molecule has 104 valence electrons. The summed E-state index contributed by atoms with van der Waals surface area (Å²) in [6, 6.07) is -0.213. The van der Waals surface area contributed by atoms with E-state index >= 15 is 0 Å². The minimum atomic E-state index is -0.213. The highest BCUT2D eigenvalue weighted by molar-refractivity contribution is 5.85. The van der Waals surface area contributed by atoms with E-state index in [0.717, 1.165) is 19.3 Å². The lowest BCUT2D eigenvalue weighted by molar-refractivity contribution is -0.118. The van der Waals surface area contributed by atoms with Crippen molar-refractivity contribution >= 4 is 11.8 Å². The second-order valence-corrected chi connectivity index (χ2v) is 5.08. The van der Waals surface area contributed by atoms with Gasteiger partial charge in [0.15, 0.2) is 5.78 Å². The summed E-state index contributed by atoms with van der Waals surface area (Å²) in [5.41, 5.74) is 0. The zero-order valence-electron chi connectivity index (χ0n) is 11.3. The molecule has 0 aliphatic carbocycles. The molecule has 0 aromatic heterocycles. The summed E-state index contributed by atoms with van der Waals surface area (Å²) in [5.74, 6) is 0.136. The van der Waals surface area contributed by atoms with Gasteiger partial charge in [-0.25, -0.2) is 4.79 Å². The SMILES string of the molecule is O=C1CCCCCCCCCCCNC(=O)NC1. The smallest absolute Gasteiger partial charge is 0.315 e. The highest BCUT2D eigenvalue weighted by atomic mass is 16.2. The van der Waals surface area contributed by atoms with Crippen molar-refractivity contribution in [3.05, 3.63) is 0 Å².